The first-order valence-electron chi connectivity index (χ1n) is 5.63. The molecular weight excluding hydrogens is 188 g/mol. The van der Waals surface area contributed by atoms with E-state index in [1.807, 2.05) is 13.8 Å². The van der Waals surface area contributed by atoms with Crippen molar-refractivity contribution in [3.8, 4) is 0 Å². The van der Waals surface area contributed by atoms with Gasteiger partial charge in [0.1, 0.15) is 0 Å². The number of ether oxygens (including phenoxy) is 2. The van der Waals surface area contributed by atoms with Crippen LogP contribution in [0, 0.1) is 0 Å². The summed E-state index contributed by atoms with van der Waals surface area (Å²) in [6, 6.07) is 8.38. The number of hydrogen-bond acceptors (Lipinski definition) is 2. The van der Waals surface area contributed by atoms with E-state index in [4.69, 9.17) is 9.47 Å². The topological polar surface area (TPSA) is 18.5 Å². The molecule has 0 bridgehead atoms. The Morgan fingerprint density at radius 3 is 2.27 bits per heavy atom. The Kier molecular flexibility index (Phi) is 5.37. The first kappa shape index (κ1) is 12.2. The van der Waals surface area contributed by atoms with Crippen molar-refractivity contribution in [1.82, 2.24) is 0 Å². The Morgan fingerprint density at radius 2 is 1.73 bits per heavy atom. The van der Waals surface area contributed by atoms with E-state index in [0.29, 0.717) is 13.2 Å². The van der Waals surface area contributed by atoms with Crippen molar-refractivity contribution in [3.63, 3.8) is 0 Å². The van der Waals surface area contributed by atoms with Gasteiger partial charge in [-0.3, -0.25) is 0 Å². The van der Waals surface area contributed by atoms with E-state index in [2.05, 4.69) is 31.2 Å². The van der Waals surface area contributed by atoms with Crippen molar-refractivity contribution in [2.45, 2.75) is 33.5 Å². The minimum atomic E-state index is -0.216. The van der Waals surface area contributed by atoms with Crippen LogP contribution in [-0.4, -0.2) is 13.2 Å². The molecule has 0 aliphatic heterocycles. The van der Waals surface area contributed by atoms with Gasteiger partial charge in [0.25, 0.3) is 0 Å². The van der Waals surface area contributed by atoms with E-state index >= 15 is 0 Å². The summed E-state index contributed by atoms with van der Waals surface area (Å²) in [4.78, 5) is 0. The van der Waals surface area contributed by atoms with E-state index in [-0.39, 0.29) is 6.29 Å². The minimum absolute atomic E-state index is 0.216. The van der Waals surface area contributed by atoms with E-state index in [1.165, 1.54) is 5.56 Å². The SMILES string of the molecule is CCOC(OCC)c1cccc(CC)c1. The van der Waals surface area contributed by atoms with E-state index < -0.39 is 0 Å². The summed E-state index contributed by atoms with van der Waals surface area (Å²) in [6.45, 7) is 7.45. The van der Waals surface area contributed by atoms with Crippen LogP contribution in [0.5, 0.6) is 0 Å². The number of hydrogen-bond donors (Lipinski definition) is 0. The zero-order chi connectivity index (χ0) is 11.1. The zero-order valence-corrected chi connectivity index (χ0v) is 9.82. The standard InChI is InChI=1S/C13H20O2/c1-4-11-8-7-9-12(10-11)13(14-5-2)15-6-3/h7-10,13H,4-6H2,1-3H3. The average molecular weight is 208 g/mol. The Bertz CT molecular complexity index is 278. The molecule has 2 nitrogen and oxygen atoms in total. The molecule has 0 unspecified atom stereocenters. The summed E-state index contributed by atoms with van der Waals surface area (Å²) < 4.78 is 11.1. The smallest absolute Gasteiger partial charge is 0.183 e. The lowest BCUT2D eigenvalue weighted by molar-refractivity contribution is -0.140. The van der Waals surface area contributed by atoms with Gasteiger partial charge in [0.15, 0.2) is 6.29 Å². The number of benzene rings is 1. The molecule has 2 heteroatoms. The maximum atomic E-state index is 5.55. The lowest BCUT2D eigenvalue weighted by Gasteiger charge is -2.17. The van der Waals surface area contributed by atoms with Gasteiger partial charge in [-0.1, -0.05) is 31.2 Å². The van der Waals surface area contributed by atoms with Crippen molar-refractivity contribution in [2.24, 2.45) is 0 Å². The molecule has 0 aromatic heterocycles. The molecule has 0 spiro atoms. The molecule has 0 saturated heterocycles. The highest BCUT2D eigenvalue weighted by atomic mass is 16.7. The van der Waals surface area contributed by atoms with Crippen LogP contribution < -0.4 is 0 Å². The second kappa shape index (κ2) is 6.59. The molecule has 0 amide bonds. The third-order valence-electron chi connectivity index (χ3n) is 2.27. The van der Waals surface area contributed by atoms with Gasteiger partial charge in [-0.05, 0) is 25.8 Å². The van der Waals surface area contributed by atoms with Crippen LogP contribution in [0.25, 0.3) is 0 Å². The first-order valence-corrected chi connectivity index (χ1v) is 5.63. The molecule has 0 aliphatic rings. The van der Waals surface area contributed by atoms with Crippen molar-refractivity contribution >= 4 is 0 Å². The third-order valence-corrected chi connectivity index (χ3v) is 2.27. The lowest BCUT2D eigenvalue weighted by atomic mass is 10.1. The van der Waals surface area contributed by atoms with Crippen LogP contribution in [-0.2, 0) is 15.9 Å². The fourth-order valence-corrected chi connectivity index (χ4v) is 1.50. The predicted molar refractivity (Wildman–Crippen MR) is 61.8 cm³/mol. The fraction of sp³-hybridized carbons (Fsp3) is 0.538. The highest BCUT2D eigenvalue weighted by molar-refractivity contribution is 5.24. The van der Waals surface area contributed by atoms with Crippen LogP contribution in [0.1, 0.15) is 38.2 Å². The van der Waals surface area contributed by atoms with Crippen LogP contribution in [0.15, 0.2) is 24.3 Å². The van der Waals surface area contributed by atoms with Gasteiger partial charge in [-0.2, -0.15) is 0 Å². The molecule has 0 fully saturated rings. The van der Waals surface area contributed by atoms with Crippen LogP contribution in [0.4, 0.5) is 0 Å². The monoisotopic (exact) mass is 208 g/mol. The third kappa shape index (κ3) is 3.65. The summed E-state index contributed by atoms with van der Waals surface area (Å²) in [6.07, 6.45) is 0.824. The minimum Gasteiger partial charge on any atom is -0.349 e. The summed E-state index contributed by atoms with van der Waals surface area (Å²) in [7, 11) is 0. The summed E-state index contributed by atoms with van der Waals surface area (Å²) >= 11 is 0. The van der Waals surface area contributed by atoms with Crippen molar-refractivity contribution < 1.29 is 9.47 Å². The van der Waals surface area contributed by atoms with Crippen LogP contribution >= 0.6 is 0 Å². The normalized spacial score (nSPS) is 10.9. The van der Waals surface area contributed by atoms with Gasteiger partial charge < -0.3 is 9.47 Å². The fourth-order valence-electron chi connectivity index (χ4n) is 1.50. The van der Waals surface area contributed by atoms with E-state index in [9.17, 15) is 0 Å². The van der Waals surface area contributed by atoms with Gasteiger partial charge in [-0.25, -0.2) is 0 Å². The van der Waals surface area contributed by atoms with Gasteiger partial charge in [0.05, 0.1) is 0 Å². The highest BCUT2D eigenvalue weighted by Crippen LogP contribution is 2.20. The maximum absolute atomic E-state index is 5.55. The second-order valence-corrected chi connectivity index (χ2v) is 3.34. The zero-order valence-electron chi connectivity index (χ0n) is 9.82. The van der Waals surface area contributed by atoms with Crippen molar-refractivity contribution in [3.05, 3.63) is 35.4 Å². The second-order valence-electron chi connectivity index (χ2n) is 3.34. The van der Waals surface area contributed by atoms with E-state index in [0.717, 1.165) is 12.0 Å². The van der Waals surface area contributed by atoms with Gasteiger partial charge in [-0.15, -0.1) is 0 Å². The Hall–Kier alpha value is -0.860. The van der Waals surface area contributed by atoms with Crippen LogP contribution in [0.3, 0.4) is 0 Å². The molecule has 0 atom stereocenters. The Morgan fingerprint density at radius 1 is 1.07 bits per heavy atom. The Balaban J connectivity index is 2.79. The molecule has 1 aromatic carbocycles. The molecule has 15 heavy (non-hydrogen) atoms. The summed E-state index contributed by atoms with van der Waals surface area (Å²) in [5, 5.41) is 0. The van der Waals surface area contributed by atoms with Crippen molar-refractivity contribution in [2.75, 3.05) is 13.2 Å². The average Bonchev–Trinajstić information content (AvgIpc) is 2.29. The highest BCUT2D eigenvalue weighted by Gasteiger charge is 2.10. The summed E-state index contributed by atoms with van der Waals surface area (Å²) in [5.74, 6) is 0. The molecule has 0 saturated carbocycles. The molecule has 0 N–H and O–H groups in total. The molecule has 0 aliphatic carbocycles. The van der Waals surface area contributed by atoms with Crippen molar-refractivity contribution in [1.29, 1.82) is 0 Å². The molecule has 84 valence electrons. The molecule has 0 radical (unpaired) electrons. The molecular formula is C13H20O2. The van der Waals surface area contributed by atoms with Gasteiger partial charge in [0, 0.05) is 18.8 Å². The molecule has 1 rings (SSSR count). The van der Waals surface area contributed by atoms with Gasteiger partial charge in [0.2, 0.25) is 0 Å². The quantitative estimate of drug-likeness (QED) is 0.668. The van der Waals surface area contributed by atoms with Crippen LogP contribution in [0.2, 0.25) is 0 Å². The Labute approximate surface area is 92.2 Å². The molecule has 1 aromatic rings. The maximum Gasteiger partial charge on any atom is 0.183 e. The largest absolute Gasteiger partial charge is 0.349 e. The predicted octanol–water partition coefficient (Wildman–Crippen LogP) is 3.32. The molecule has 0 heterocycles. The first-order chi connectivity index (χ1) is 7.31. The van der Waals surface area contributed by atoms with Gasteiger partial charge >= 0.3 is 0 Å². The number of aryl methyl sites for hydroxylation is 1. The summed E-state index contributed by atoms with van der Waals surface area (Å²) in [5.41, 5.74) is 2.43. The lowest BCUT2D eigenvalue weighted by Crippen LogP contribution is -2.09. The number of rotatable bonds is 6. The van der Waals surface area contributed by atoms with E-state index in [1.54, 1.807) is 0 Å².